The van der Waals surface area contributed by atoms with E-state index in [1.165, 1.54) is 49.7 Å². The summed E-state index contributed by atoms with van der Waals surface area (Å²) in [6.45, 7) is 10.4. The lowest BCUT2D eigenvalue weighted by Gasteiger charge is -2.55. The van der Waals surface area contributed by atoms with Gasteiger partial charge in [-0.15, -0.1) is 0 Å². The van der Waals surface area contributed by atoms with Crippen molar-refractivity contribution in [3.63, 3.8) is 0 Å². The molecular formula is C13H26N+. The maximum Gasteiger partial charge on any atom is 0.0889 e. The Bertz CT molecular complexity index is 193. The van der Waals surface area contributed by atoms with Gasteiger partial charge < -0.3 is 4.48 Å². The molecule has 0 bridgehead atoms. The zero-order valence-electron chi connectivity index (χ0n) is 10.1. The smallest absolute Gasteiger partial charge is 0.0889 e. The van der Waals surface area contributed by atoms with E-state index < -0.39 is 0 Å². The fourth-order valence-electron chi connectivity index (χ4n) is 3.86. The number of nitrogens with zero attached hydrogens (tertiary/aromatic N) is 1. The number of hydrogen-bond donors (Lipinski definition) is 0. The summed E-state index contributed by atoms with van der Waals surface area (Å²) >= 11 is 0. The molecule has 0 aromatic carbocycles. The van der Waals surface area contributed by atoms with Crippen LogP contribution >= 0.6 is 0 Å². The van der Waals surface area contributed by atoms with Crippen molar-refractivity contribution in [2.24, 2.45) is 5.92 Å². The minimum absolute atomic E-state index is 0.916. The van der Waals surface area contributed by atoms with E-state index >= 15 is 0 Å². The van der Waals surface area contributed by atoms with Gasteiger partial charge >= 0.3 is 0 Å². The molecule has 2 fully saturated rings. The lowest BCUT2D eigenvalue weighted by atomic mass is 9.83. The molecule has 1 heteroatoms. The van der Waals surface area contributed by atoms with Crippen molar-refractivity contribution in [3.8, 4) is 0 Å². The van der Waals surface area contributed by atoms with Crippen molar-refractivity contribution in [1.82, 2.24) is 0 Å². The second kappa shape index (κ2) is 3.84. The molecule has 0 aromatic rings. The Morgan fingerprint density at radius 1 is 0.857 bits per heavy atom. The van der Waals surface area contributed by atoms with Crippen LogP contribution in [0.5, 0.6) is 0 Å². The Hall–Kier alpha value is -0.0400. The summed E-state index contributed by atoms with van der Waals surface area (Å²) in [5, 5.41) is 0. The average Bonchev–Trinajstić information content (AvgIpc) is 2.23. The summed E-state index contributed by atoms with van der Waals surface area (Å²) in [5.74, 6) is 0.948. The first-order valence-electron chi connectivity index (χ1n) is 6.53. The van der Waals surface area contributed by atoms with Crippen molar-refractivity contribution in [2.45, 2.75) is 65.0 Å². The molecule has 3 unspecified atom stereocenters. The second-order valence-corrected chi connectivity index (χ2v) is 5.76. The van der Waals surface area contributed by atoms with Crippen LogP contribution in [0.25, 0.3) is 0 Å². The third kappa shape index (κ3) is 1.50. The first-order chi connectivity index (χ1) is 6.67. The highest BCUT2D eigenvalue weighted by molar-refractivity contribution is 4.76. The van der Waals surface area contributed by atoms with Gasteiger partial charge in [0.2, 0.25) is 0 Å². The van der Waals surface area contributed by atoms with Gasteiger partial charge in [-0.2, -0.15) is 0 Å². The molecule has 0 aromatic heterocycles. The van der Waals surface area contributed by atoms with Crippen LogP contribution in [0.4, 0.5) is 0 Å². The Kier molecular flexibility index (Phi) is 2.88. The van der Waals surface area contributed by atoms with E-state index in [2.05, 4.69) is 20.8 Å². The number of piperidine rings is 2. The molecule has 1 spiro atoms. The molecule has 14 heavy (non-hydrogen) atoms. The summed E-state index contributed by atoms with van der Waals surface area (Å²) in [7, 11) is 0. The fourth-order valence-corrected chi connectivity index (χ4v) is 3.86. The van der Waals surface area contributed by atoms with E-state index in [4.69, 9.17) is 0 Å². The minimum Gasteiger partial charge on any atom is -0.319 e. The summed E-state index contributed by atoms with van der Waals surface area (Å²) in [5.41, 5.74) is 0. The van der Waals surface area contributed by atoms with Crippen LogP contribution in [-0.4, -0.2) is 29.7 Å². The molecule has 2 heterocycles. The molecule has 0 amide bonds. The summed E-state index contributed by atoms with van der Waals surface area (Å²) in [4.78, 5) is 0. The van der Waals surface area contributed by atoms with Crippen molar-refractivity contribution < 1.29 is 4.48 Å². The van der Waals surface area contributed by atoms with Crippen molar-refractivity contribution >= 4 is 0 Å². The van der Waals surface area contributed by atoms with Crippen LogP contribution in [-0.2, 0) is 0 Å². The predicted molar refractivity (Wildman–Crippen MR) is 61.2 cm³/mol. The van der Waals surface area contributed by atoms with Gasteiger partial charge in [0.1, 0.15) is 0 Å². The van der Waals surface area contributed by atoms with Gasteiger partial charge in [-0.1, -0.05) is 6.92 Å². The van der Waals surface area contributed by atoms with E-state index in [9.17, 15) is 0 Å². The summed E-state index contributed by atoms with van der Waals surface area (Å²) < 4.78 is 1.46. The standard InChI is InChI=1S/C13H26N/c1-11-7-8-12(2)14(13(11)3)9-5-4-6-10-14/h11-13H,4-10H2,1-3H3/q+1. The first-order valence-corrected chi connectivity index (χ1v) is 6.53. The lowest BCUT2D eigenvalue weighted by molar-refractivity contribution is -0.982. The van der Waals surface area contributed by atoms with Crippen LogP contribution < -0.4 is 0 Å². The van der Waals surface area contributed by atoms with E-state index in [0.717, 1.165) is 18.0 Å². The topological polar surface area (TPSA) is 0 Å². The van der Waals surface area contributed by atoms with Crippen LogP contribution in [0.3, 0.4) is 0 Å². The molecule has 2 aliphatic rings. The molecule has 0 N–H and O–H groups in total. The Balaban J connectivity index is 2.18. The molecule has 3 atom stereocenters. The molecule has 1 nitrogen and oxygen atoms in total. The number of rotatable bonds is 0. The highest BCUT2D eigenvalue weighted by atomic mass is 15.4. The molecule has 2 aliphatic heterocycles. The largest absolute Gasteiger partial charge is 0.319 e. The first kappa shape index (κ1) is 10.5. The van der Waals surface area contributed by atoms with E-state index in [1.54, 1.807) is 0 Å². The Morgan fingerprint density at radius 2 is 1.50 bits per heavy atom. The van der Waals surface area contributed by atoms with E-state index in [1.807, 2.05) is 0 Å². The summed E-state index contributed by atoms with van der Waals surface area (Å²) in [6, 6.07) is 1.85. The van der Waals surface area contributed by atoms with Gasteiger partial charge in [0.15, 0.2) is 0 Å². The number of quaternary nitrogens is 1. The van der Waals surface area contributed by atoms with Gasteiger partial charge in [-0.25, -0.2) is 0 Å². The van der Waals surface area contributed by atoms with Gasteiger partial charge in [-0.3, -0.25) is 0 Å². The maximum absolute atomic E-state index is 2.51. The van der Waals surface area contributed by atoms with Crippen LogP contribution in [0, 0.1) is 5.92 Å². The SMILES string of the molecule is CC1CCC(C)[N+]2(CCCCC2)C1C. The van der Waals surface area contributed by atoms with Gasteiger partial charge in [-0.05, 0) is 46.0 Å². The van der Waals surface area contributed by atoms with Crippen LogP contribution in [0.2, 0.25) is 0 Å². The zero-order chi connectivity index (χ0) is 10.2. The molecule has 0 saturated carbocycles. The second-order valence-electron chi connectivity index (χ2n) is 5.76. The van der Waals surface area contributed by atoms with Crippen LogP contribution in [0.15, 0.2) is 0 Å². The number of hydrogen-bond acceptors (Lipinski definition) is 0. The Labute approximate surface area is 89.1 Å². The Morgan fingerprint density at radius 3 is 2.14 bits per heavy atom. The van der Waals surface area contributed by atoms with E-state index in [-0.39, 0.29) is 0 Å². The molecular weight excluding hydrogens is 170 g/mol. The molecule has 2 saturated heterocycles. The maximum atomic E-state index is 2.51. The average molecular weight is 196 g/mol. The van der Waals surface area contributed by atoms with Crippen LogP contribution in [0.1, 0.15) is 52.9 Å². The fraction of sp³-hybridized carbons (Fsp3) is 1.00. The monoisotopic (exact) mass is 196 g/mol. The molecule has 0 radical (unpaired) electrons. The summed E-state index contributed by atoms with van der Waals surface area (Å²) in [6.07, 6.45) is 7.35. The minimum atomic E-state index is 0.916. The third-order valence-corrected chi connectivity index (χ3v) is 5.20. The highest BCUT2D eigenvalue weighted by Crippen LogP contribution is 2.37. The third-order valence-electron chi connectivity index (χ3n) is 5.20. The van der Waals surface area contributed by atoms with Crippen molar-refractivity contribution in [2.75, 3.05) is 13.1 Å². The lowest BCUT2D eigenvalue weighted by Crippen LogP contribution is -2.65. The molecule has 2 rings (SSSR count). The van der Waals surface area contributed by atoms with Crippen molar-refractivity contribution in [3.05, 3.63) is 0 Å². The zero-order valence-corrected chi connectivity index (χ0v) is 10.1. The normalized spacial score (nSPS) is 42.6. The van der Waals surface area contributed by atoms with Crippen molar-refractivity contribution in [1.29, 1.82) is 0 Å². The van der Waals surface area contributed by atoms with E-state index in [0.29, 0.717) is 0 Å². The molecule has 82 valence electrons. The van der Waals surface area contributed by atoms with Gasteiger partial charge in [0.05, 0.1) is 25.2 Å². The quantitative estimate of drug-likeness (QED) is 0.522. The predicted octanol–water partition coefficient (Wildman–Crippen LogP) is 3.19. The van der Waals surface area contributed by atoms with Gasteiger partial charge in [0.25, 0.3) is 0 Å². The highest BCUT2D eigenvalue weighted by Gasteiger charge is 2.45. The van der Waals surface area contributed by atoms with Gasteiger partial charge in [0, 0.05) is 5.92 Å². The molecule has 0 aliphatic carbocycles.